The van der Waals surface area contributed by atoms with Gasteiger partial charge < -0.3 is 29.6 Å². The topological polar surface area (TPSA) is 78.1 Å². The largest absolute Gasteiger partial charge is 0.491 e. The van der Waals surface area contributed by atoms with Crippen molar-refractivity contribution in [2.24, 2.45) is 0 Å². The van der Waals surface area contributed by atoms with Gasteiger partial charge in [0.25, 0.3) is 0 Å². The van der Waals surface area contributed by atoms with Gasteiger partial charge in [-0.15, -0.1) is 0 Å². The van der Waals surface area contributed by atoms with Crippen molar-refractivity contribution in [1.29, 1.82) is 0 Å². The van der Waals surface area contributed by atoms with Crippen LogP contribution in [0, 0.1) is 0 Å². The van der Waals surface area contributed by atoms with E-state index in [1.54, 1.807) is 12.1 Å². The molecule has 1 amide bonds. The van der Waals surface area contributed by atoms with Gasteiger partial charge in [0.2, 0.25) is 5.91 Å². The molecule has 0 saturated heterocycles. The molecule has 0 bridgehead atoms. The molecule has 33 heavy (non-hydrogen) atoms. The first-order valence-corrected chi connectivity index (χ1v) is 11.0. The standard InChI is InChI=1S/C26H30N2O5/c1-2-30-16-17-31-24-12-8-21(9-13-24)27-20-26(29)28-22-10-14-25(15-11-22)33-19-18-32-23-6-4-3-5-7-23/h3-15,27H,2,16-20H2,1H3,(H,28,29). The van der Waals surface area contributed by atoms with E-state index in [4.69, 9.17) is 18.9 Å². The Balaban J connectivity index is 1.33. The molecule has 0 radical (unpaired) electrons. The highest BCUT2D eigenvalue weighted by molar-refractivity contribution is 5.93. The highest BCUT2D eigenvalue weighted by atomic mass is 16.5. The summed E-state index contributed by atoms with van der Waals surface area (Å²) in [7, 11) is 0. The van der Waals surface area contributed by atoms with Crippen LogP contribution in [-0.2, 0) is 9.53 Å². The predicted molar refractivity (Wildman–Crippen MR) is 129 cm³/mol. The van der Waals surface area contributed by atoms with Gasteiger partial charge in [-0.2, -0.15) is 0 Å². The Hall–Kier alpha value is -3.71. The minimum Gasteiger partial charge on any atom is -0.491 e. The monoisotopic (exact) mass is 450 g/mol. The van der Waals surface area contributed by atoms with Gasteiger partial charge in [0.05, 0.1) is 13.2 Å². The first kappa shape index (κ1) is 23.9. The van der Waals surface area contributed by atoms with Gasteiger partial charge in [-0.25, -0.2) is 0 Å². The first-order chi connectivity index (χ1) is 16.2. The number of para-hydroxylation sites is 1. The van der Waals surface area contributed by atoms with Gasteiger partial charge in [0.1, 0.15) is 37.1 Å². The summed E-state index contributed by atoms with van der Waals surface area (Å²) in [5.41, 5.74) is 1.54. The van der Waals surface area contributed by atoms with E-state index in [9.17, 15) is 4.79 Å². The Kier molecular flexibility index (Phi) is 9.90. The Bertz CT molecular complexity index is 947. The molecule has 0 atom stereocenters. The summed E-state index contributed by atoms with van der Waals surface area (Å²) in [6, 6.07) is 24.3. The van der Waals surface area contributed by atoms with Crippen molar-refractivity contribution in [3.05, 3.63) is 78.9 Å². The molecule has 0 fully saturated rings. The molecule has 174 valence electrons. The summed E-state index contributed by atoms with van der Waals surface area (Å²) in [6.45, 7) is 4.73. The molecule has 0 saturated carbocycles. The smallest absolute Gasteiger partial charge is 0.243 e. The number of benzene rings is 3. The van der Waals surface area contributed by atoms with Gasteiger partial charge in [0, 0.05) is 18.0 Å². The first-order valence-electron chi connectivity index (χ1n) is 11.0. The second-order valence-corrected chi connectivity index (χ2v) is 7.01. The van der Waals surface area contributed by atoms with Crippen molar-refractivity contribution < 1.29 is 23.7 Å². The molecule has 3 aromatic rings. The lowest BCUT2D eigenvalue weighted by Crippen LogP contribution is -2.21. The van der Waals surface area contributed by atoms with E-state index in [-0.39, 0.29) is 12.5 Å². The second kappa shape index (κ2) is 13.6. The number of nitrogens with one attached hydrogen (secondary N) is 2. The average molecular weight is 451 g/mol. The van der Waals surface area contributed by atoms with Crippen molar-refractivity contribution in [2.75, 3.05) is 50.2 Å². The number of hydrogen-bond donors (Lipinski definition) is 2. The highest BCUT2D eigenvalue weighted by Crippen LogP contribution is 2.17. The molecular formula is C26H30N2O5. The molecule has 0 aliphatic carbocycles. The van der Waals surface area contributed by atoms with Gasteiger partial charge in [-0.05, 0) is 67.6 Å². The Morgan fingerprint density at radius 3 is 1.76 bits per heavy atom. The van der Waals surface area contributed by atoms with Crippen molar-refractivity contribution >= 4 is 17.3 Å². The number of carbonyl (C=O) groups excluding carboxylic acids is 1. The maximum atomic E-state index is 12.2. The molecule has 0 aliphatic rings. The van der Waals surface area contributed by atoms with Gasteiger partial charge in [-0.3, -0.25) is 4.79 Å². The maximum Gasteiger partial charge on any atom is 0.243 e. The fraction of sp³-hybridized carbons (Fsp3) is 0.269. The fourth-order valence-corrected chi connectivity index (χ4v) is 2.89. The predicted octanol–water partition coefficient (Wildman–Crippen LogP) is 4.61. The minimum absolute atomic E-state index is 0.142. The van der Waals surface area contributed by atoms with Crippen molar-refractivity contribution in [3.8, 4) is 17.2 Å². The summed E-state index contributed by atoms with van der Waals surface area (Å²) in [4.78, 5) is 12.2. The Morgan fingerprint density at radius 2 is 1.18 bits per heavy atom. The van der Waals surface area contributed by atoms with Crippen LogP contribution in [0.1, 0.15) is 6.92 Å². The molecule has 7 heteroatoms. The maximum absolute atomic E-state index is 12.2. The molecule has 0 unspecified atom stereocenters. The van der Waals surface area contributed by atoms with E-state index in [0.717, 1.165) is 17.2 Å². The second-order valence-electron chi connectivity index (χ2n) is 7.01. The zero-order chi connectivity index (χ0) is 23.1. The third kappa shape index (κ3) is 9.13. The normalized spacial score (nSPS) is 10.3. The highest BCUT2D eigenvalue weighted by Gasteiger charge is 2.04. The van der Waals surface area contributed by atoms with Gasteiger partial charge in [0.15, 0.2) is 0 Å². The van der Waals surface area contributed by atoms with Crippen LogP contribution in [-0.4, -0.2) is 45.5 Å². The van der Waals surface area contributed by atoms with E-state index in [1.807, 2.05) is 73.7 Å². The molecule has 3 aromatic carbocycles. The summed E-state index contributed by atoms with van der Waals surface area (Å²) < 4.78 is 22.1. The molecule has 0 spiro atoms. The van der Waals surface area contributed by atoms with Crippen LogP contribution in [0.3, 0.4) is 0 Å². The average Bonchev–Trinajstić information content (AvgIpc) is 2.85. The molecular weight excluding hydrogens is 420 g/mol. The van der Waals surface area contributed by atoms with Crippen LogP contribution in [0.15, 0.2) is 78.9 Å². The number of amides is 1. The number of anilines is 2. The summed E-state index contributed by atoms with van der Waals surface area (Å²) in [5, 5.41) is 5.96. The van der Waals surface area contributed by atoms with Crippen LogP contribution in [0.5, 0.6) is 17.2 Å². The quantitative estimate of drug-likeness (QED) is 0.349. The molecule has 2 N–H and O–H groups in total. The van der Waals surface area contributed by atoms with Gasteiger partial charge in [-0.1, -0.05) is 18.2 Å². The zero-order valence-electron chi connectivity index (χ0n) is 18.8. The Morgan fingerprint density at radius 1 is 0.667 bits per heavy atom. The Labute approximate surface area is 194 Å². The lowest BCUT2D eigenvalue weighted by Gasteiger charge is -2.11. The third-order valence-corrected chi connectivity index (χ3v) is 4.51. The van der Waals surface area contributed by atoms with Crippen LogP contribution in [0.4, 0.5) is 11.4 Å². The lowest BCUT2D eigenvalue weighted by molar-refractivity contribution is -0.114. The SMILES string of the molecule is CCOCCOc1ccc(NCC(=O)Nc2ccc(OCCOc3ccccc3)cc2)cc1. The van der Waals surface area contributed by atoms with E-state index < -0.39 is 0 Å². The summed E-state index contributed by atoms with van der Waals surface area (Å²) in [6.07, 6.45) is 0. The lowest BCUT2D eigenvalue weighted by atomic mass is 10.3. The molecule has 0 aromatic heterocycles. The summed E-state index contributed by atoms with van der Waals surface area (Å²) >= 11 is 0. The van der Waals surface area contributed by atoms with Crippen LogP contribution >= 0.6 is 0 Å². The molecule has 7 nitrogen and oxygen atoms in total. The molecule has 0 heterocycles. The molecule has 3 rings (SSSR count). The van der Waals surface area contributed by atoms with Crippen molar-refractivity contribution in [2.45, 2.75) is 6.92 Å². The van der Waals surface area contributed by atoms with Crippen LogP contribution in [0.25, 0.3) is 0 Å². The zero-order valence-corrected chi connectivity index (χ0v) is 18.8. The number of rotatable bonds is 14. The van der Waals surface area contributed by atoms with E-state index >= 15 is 0 Å². The molecule has 0 aliphatic heterocycles. The summed E-state index contributed by atoms with van der Waals surface area (Å²) in [5.74, 6) is 2.15. The number of ether oxygens (including phenoxy) is 4. The number of carbonyl (C=O) groups is 1. The van der Waals surface area contributed by atoms with Crippen LogP contribution in [0.2, 0.25) is 0 Å². The van der Waals surface area contributed by atoms with E-state index in [1.165, 1.54) is 0 Å². The minimum atomic E-state index is -0.142. The van der Waals surface area contributed by atoms with E-state index in [2.05, 4.69) is 10.6 Å². The van der Waals surface area contributed by atoms with E-state index in [0.29, 0.717) is 44.5 Å². The number of hydrogen-bond acceptors (Lipinski definition) is 6. The third-order valence-electron chi connectivity index (χ3n) is 4.51. The fourth-order valence-electron chi connectivity index (χ4n) is 2.89. The van der Waals surface area contributed by atoms with Crippen LogP contribution < -0.4 is 24.8 Å². The van der Waals surface area contributed by atoms with Crippen molar-refractivity contribution in [1.82, 2.24) is 0 Å². The van der Waals surface area contributed by atoms with Crippen molar-refractivity contribution in [3.63, 3.8) is 0 Å². The van der Waals surface area contributed by atoms with Gasteiger partial charge >= 0.3 is 0 Å².